The second-order valence-corrected chi connectivity index (χ2v) is 3.00. The fourth-order valence-electron chi connectivity index (χ4n) is 0.917. The van der Waals surface area contributed by atoms with Crippen molar-refractivity contribution in [3.05, 3.63) is 24.0 Å². The van der Waals surface area contributed by atoms with E-state index in [4.69, 9.17) is 21.6 Å². The van der Waals surface area contributed by atoms with Crippen LogP contribution in [0.1, 0.15) is 18.5 Å². The highest BCUT2D eigenvalue weighted by Crippen LogP contribution is 2.10. The molecule has 0 aliphatic rings. The number of alkyl halides is 1. The number of ether oxygens (including phenoxy) is 1. The van der Waals surface area contributed by atoms with Crippen molar-refractivity contribution >= 4 is 11.6 Å². The van der Waals surface area contributed by atoms with E-state index in [9.17, 15) is 0 Å². The molecule has 0 saturated heterocycles. The number of nitrogens with zero attached hydrogens (tertiary/aromatic N) is 2. The Kier molecular flexibility index (Phi) is 4.81. The van der Waals surface area contributed by atoms with Crippen molar-refractivity contribution in [1.29, 1.82) is 5.26 Å². The van der Waals surface area contributed by atoms with Gasteiger partial charge in [-0.05, 0) is 18.6 Å². The van der Waals surface area contributed by atoms with Crippen LogP contribution in [0.3, 0.4) is 0 Å². The molecular formula is C10H11ClN2O. The number of nitriles is 1. The summed E-state index contributed by atoms with van der Waals surface area (Å²) in [5, 5.41) is 8.30. The third kappa shape index (κ3) is 3.63. The van der Waals surface area contributed by atoms with Crippen molar-refractivity contribution in [2.75, 3.05) is 6.61 Å². The minimum absolute atomic E-state index is 0.411. The van der Waals surface area contributed by atoms with Crippen molar-refractivity contribution in [2.24, 2.45) is 0 Å². The van der Waals surface area contributed by atoms with Crippen LogP contribution < -0.4 is 4.74 Å². The molecule has 0 bridgehead atoms. The predicted octanol–water partition coefficient (Wildman–Crippen LogP) is 2.50. The number of rotatable bonds is 5. The first kappa shape index (κ1) is 10.8. The van der Waals surface area contributed by atoms with Gasteiger partial charge in [0.15, 0.2) is 0 Å². The van der Waals surface area contributed by atoms with Crippen LogP contribution in [-0.2, 0) is 5.88 Å². The molecule has 0 amide bonds. The number of pyridine rings is 1. The van der Waals surface area contributed by atoms with Gasteiger partial charge in [0.25, 0.3) is 0 Å². The number of halogens is 1. The summed E-state index contributed by atoms with van der Waals surface area (Å²) < 4.78 is 5.35. The molecule has 0 aliphatic heterocycles. The van der Waals surface area contributed by atoms with Crippen LogP contribution in [0.25, 0.3) is 0 Å². The van der Waals surface area contributed by atoms with Crippen LogP contribution in [0, 0.1) is 11.3 Å². The lowest BCUT2D eigenvalue weighted by Gasteiger charge is -2.03. The second-order valence-electron chi connectivity index (χ2n) is 2.73. The zero-order valence-corrected chi connectivity index (χ0v) is 8.50. The van der Waals surface area contributed by atoms with E-state index in [1.807, 2.05) is 12.1 Å². The zero-order chi connectivity index (χ0) is 10.2. The number of aromatic nitrogens is 1. The average Bonchev–Trinajstić information content (AvgIpc) is 2.25. The lowest BCUT2D eigenvalue weighted by atomic mass is 10.3. The Labute approximate surface area is 88.3 Å². The van der Waals surface area contributed by atoms with Gasteiger partial charge in [0.2, 0.25) is 0 Å². The quantitative estimate of drug-likeness (QED) is 0.554. The molecule has 0 aromatic carbocycles. The lowest BCUT2D eigenvalue weighted by Crippen LogP contribution is -1.97. The lowest BCUT2D eigenvalue weighted by molar-refractivity contribution is 0.311. The number of hydrogen-bond donors (Lipinski definition) is 0. The van der Waals surface area contributed by atoms with Crippen molar-refractivity contribution in [2.45, 2.75) is 18.7 Å². The molecule has 0 radical (unpaired) electrons. The predicted molar refractivity (Wildman–Crippen MR) is 54.1 cm³/mol. The summed E-state index contributed by atoms with van der Waals surface area (Å²) in [5.74, 6) is 1.13. The summed E-state index contributed by atoms with van der Waals surface area (Å²) in [7, 11) is 0. The monoisotopic (exact) mass is 210 g/mol. The molecular weight excluding hydrogens is 200 g/mol. The minimum Gasteiger partial charge on any atom is -0.492 e. The van der Waals surface area contributed by atoms with Gasteiger partial charge in [0.1, 0.15) is 5.75 Å². The molecule has 3 nitrogen and oxygen atoms in total. The number of hydrogen-bond acceptors (Lipinski definition) is 3. The van der Waals surface area contributed by atoms with Crippen molar-refractivity contribution in [3.63, 3.8) is 0 Å². The molecule has 0 fully saturated rings. The first-order valence-electron chi connectivity index (χ1n) is 4.37. The van der Waals surface area contributed by atoms with Gasteiger partial charge >= 0.3 is 0 Å². The first-order valence-corrected chi connectivity index (χ1v) is 4.91. The molecule has 74 valence electrons. The largest absolute Gasteiger partial charge is 0.492 e. The molecule has 0 N–H and O–H groups in total. The van der Waals surface area contributed by atoms with Gasteiger partial charge < -0.3 is 4.74 Å². The highest BCUT2D eigenvalue weighted by Gasteiger charge is 1.95. The van der Waals surface area contributed by atoms with E-state index in [-0.39, 0.29) is 0 Å². The van der Waals surface area contributed by atoms with E-state index in [1.54, 1.807) is 6.20 Å². The van der Waals surface area contributed by atoms with E-state index in [0.717, 1.165) is 17.9 Å². The molecule has 0 aliphatic carbocycles. The maximum atomic E-state index is 8.30. The highest BCUT2D eigenvalue weighted by molar-refractivity contribution is 6.16. The summed E-state index contributed by atoms with van der Waals surface area (Å²) in [4.78, 5) is 4.07. The van der Waals surface area contributed by atoms with E-state index < -0.39 is 0 Å². The van der Waals surface area contributed by atoms with E-state index in [2.05, 4.69) is 11.1 Å². The summed E-state index contributed by atoms with van der Waals surface area (Å²) >= 11 is 5.59. The normalized spacial score (nSPS) is 9.43. The van der Waals surface area contributed by atoms with Crippen LogP contribution in [0.4, 0.5) is 0 Å². The Bertz CT molecular complexity index is 305. The first-order chi connectivity index (χ1) is 6.86. The van der Waals surface area contributed by atoms with Crippen molar-refractivity contribution in [3.8, 4) is 11.8 Å². The molecule has 14 heavy (non-hydrogen) atoms. The van der Waals surface area contributed by atoms with Crippen LogP contribution in [0.15, 0.2) is 18.3 Å². The maximum Gasteiger partial charge on any atom is 0.137 e. The third-order valence-corrected chi connectivity index (χ3v) is 1.91. The van der Waals surface area contributed by atoms with Gasteiger partial charge in [-0.15, -0.1) is 11.6 Å². The van der Waals surface area contributed by atoms with Crippen molar-refractivity contribution in [1.82, 2.24) is 4.98 Å². The standard InChI is InChI=1S/C10H11ClN2O/c11-7-9-3-4-10(8-13-9)14-6-2-1-5-12/h3-4,8H,1-2,6-7H2. The van der Waals surface area contributed by atoms with Crippen LogP contribution >= 0.6 is 11.6 Å². The van der Waals surface area contributed by atoms with E-state index in [1.165, 1.54) is 0 Å². The van der Waals surface area contributed by atoms with Gasteiger partial charge in [-0.25, -0.2) is 0 Å². The SMILES string of the molecule is N#CCCCOc1ccc(CCl)nc1. The topological polar surface area (TPSA) is 45.9 Å². The molecule has 0 saturated carbocycles. The second kappa shape index (κ2) is 6.22. The maximum absolute atomic E-state index is 8.30. The zero-order valence-electron chi connectivity index (χ0n) is 7.74. The Balaban J connectivity index is 2.33. The van der Waals surface area contributed by atoms with Crippen molar-refractivity contribution < 1.29 is 4.74 Å². The third-order valence-electron chi connectivity index (χ3n) is 1.64. The van der Waals surface area contributed by atoms with Crippen LogP contribution in [0.5, 0.6) is 5.75 Å². The Morgan fingerprint density at radius 2 is 2.36 bits per heavy atom. The molecule has 1 rings (SSSR count). The fourth-order valence-corrected chi connectivity index (χ4v) is 1.07. The molecule has 0 atom stereocenters. The summed E-state index contributed by atoms with van der Waals surface area (Å²) in [6.45, 7) is 0.551. The van der Waals surface area contributed by atoms with Gasteiger partial charge in [0.05, 0.1) is 30.4 Å². The smallest absolute Gasteiger partial charge is 0.137 e. The minimum atomic E-state index is 0.411. The Hall–Kier alpha value is -1.27. The van der Waals surface area contributed by atoms with Gasteiger partial charge in [-0.1, -0.05) is 0 Å². The molecule has 1 aromatic heterocycles. The summed E-state index contributed by atoms with van der Waals surface area (Å²) in [6.07, 6.45) is 2.91. The highest BCUT2D eigenvalue weighted by atomic mass is 35.5. The average molecular weight is 211 g/mol. The van der Waals surface area contributed by atoms with E-state index >= 15 is 0 Å². The molecule has 0 spiro atoms. The molecule has 1 aromatic rings. The molecule has 1 heterocycles. The molecule has 4 heteroatoms. The molecule has 0 unspecified atom stereocenters. The van der Waals surface area contributed by atoms with E-state index in [0.29, 0.717) is 18.9 Å². The Morgan fingerprint density at radius 3 is 2.93 bits per heavy atom. The summed E-state index contributed by atoms with van der Waals surface area (Å²) in [6, 6.07) is 5.72. The Morgan fingerprint density at radius 1 is 1.50 bits per heavy atom. The van der Waals surface area contributed by atoms with Crippen LogP contribution in [0.2, 0.25) is 0 Å². The van der Waals surface area contributed by atoms with Gasteiger partial charge in [0, 0.05) is 6.42 Å². The van der Waals surface area contributed by atoms with Crippen LogP contribution in [-0.4, -0.2) is 11.6 Å². The number of unbranched alkanes of at least 4 members (excludes halogenated alkanes) is 1. The summed E-state index contributed by atoms with van der Waals surface area (Å²) in [5.41, 5.74) is 0.830. The van der Waals surface area contributed by atoms with Gasteiger partial charge in [-0.3, -0.25) is 4.98 Å². The van der Waals surface area contributed by atoms with Gasteiger partial charge in [-0.2, -0.15) is 5.26 Å². The fraction of sp³-hybridized carbons (Fsp3) is 0.400.